The second kappa shape index (κ2) is 13.3. The molecule has 156 valence electrons. The largest absolute Gasteiger partial charge is 0.493 e. The molecule has 4 nitrogen and oxygen atoms in total. The second-order valence-corrected chi connectivity index (χ2v) is 7.76. The highest BCUT2D eigenvalue weighted by atomic mass is 79.9. The minimum Gasteiger partial charge on any atom is -0.493 e. The molecule has 0 spiro atoms. The zero-order valence-electron chi connectivity index (χ0n) is 16.5. The van der Waals surface area contributed by atoms with Crippen molar-refractivity contribution in [2.24, 2.45) is 0 Å². The molecule has 0 radical (unpaired) electrons. The van der Waals surface area contributed by atoms with Gasteiger partial charge in [-0.15, -0.1) is 12.4 Å². The molecule has 28 heavy (non-hydrogen) atoms. The van der Waals surface area contributed by atoms with Gasteiger partial charge in [-0.2, -0.15) is 0 Å². The van der Waals surface area contributed by atoms with E-state index in [-0.39, 0.29) is 18.5 Å². The Bertz CT molecular complexity index is 712. The molecule has 1 N–H and O–H groups in total. The molecule has 0 saturated heterocycles. The van der Waals surface area contributed by atoms with Gasteiger partial charge in [0.1, 0.15) is 6.61 Å². The number of rotatable bonds is 11. The average Bonchev–Trinajstić information content (AvgIpc) is 2.64. The summed E-state index contributed by atoms with van der Waals surface area (Å²) >= 11 is 9.52. The Labute approximate surface area is 187 Å². The Kier molecular flexibility index (Phi) is 11.9. The van der Waals surface area contributed by atoms with Gasteiger partial charge in [0.05, 0.1) is 17.7 Å². The summed E-state index contributed by atoms with van der Waals surface area (Å²) in [4.78, 5) is 0. The molecule has 0 aromatic heterocycles. The summed E-state index contributed by atoms with van der Waals surface area (Å²) in [6, 6.07) is 11.7. The molecule has 2 aromatic rings. The van der Waals surface area contributed by atoms with Crippen molar-refractivity contribution in [3.8, 4) is 11.5 Å². The maximum atomic E-state index is 5.97. The Morgan fingerprint density at radius 1 is 1.11 bits per heavy atom. The number of benzene rings is 2. The average molecular weight is 493 g/mol. The first-order chi connectivity index (χ1) is 13.0. The number of halogens is 3. The van der Waals surface area contributed by atoms with E-state index < -0.39 is 0 Å². The summed E-state index contributed by atoms with van der Waals surface area (Å²) in [6.07, 6.45) is 1.27. The molecule has 0 aliphatic heterocycles. The molecular formula is C21H28BrCl2NO3. The number of methoxy groups -OCH3 is 1. The first-order valence-electron chi connectivity index (χ1n) is 9.05. The van der Waals surface area contributed by atoms with Crippen LogP contribution in [0.5, 0.6) is 11.5 Å². The maximum absolute atomic E-state index is 5.97. The van der Waals surface area contributed by atoms with Crippen LogP contribution in [-0.4, -0.2) is 26.4 Å². The summed E-state index contributed by atoms with van der Waals surface area (Å²) < 4.78 is 17.9. The van der Waals surface area contributed by atoms with Gasteiger partial charge < -0.3 is 19.5 Å². The van der Waals surface area contributed by atoms with E-state index in [0.717, 1.165) is 41.7 Å². The van der Waals surface area contributed by atoms with Gasteiger partial charge in [-0.05, 0) is 78.1 Å². The summed E-state index contributed by atoms with van der Waals surface area (Å²) in [5.74, 6) is 1.40. The quantitative estimate of drug-likeness (QED) is 0.389. The predicted molar refractivity (Wildman–Crippen MR) is 121 cm³/mol. The van der Waals surface area contributed by atoms with Gasteiger partial charge in [0.15, 0.2) is 11.5 Å². The van der Waals surface area contributed by atoms with Crippen LogP contribution in [0.1, 0.15) is 31.4 Å². The maximum Gasteiger partial charge on any atom is 0.175 e. The van der Waals surface area contributed by atoms with Gasteiger partial charge >= 0.3 is 0 Å². The highest BCUT2D eigenvalue weighted by molar-refractivity contribution is 9.10. The van der Waals surface area contributed by atoms with Crippen molar-refractivity contribution in [3.63, 3.8) is 0 Å². The third-order valence-corrected chi connectivity index (χ3v) is 4.70. The minimum atomic E-state index is 0. The van der Waals surface area contributed by atoms with Gasteiger partial charge in [-0.25, -0.2) is 0 Å². The Morgan fingerprint density at radius 2 is 1.82 bits per heavy atom. The lowest BCUT2D eigenvalue weighted by Gasteiger charge is -2.15. The van der Waals surface area contributed by atoms with Crippen molar-refractivity contribution in [1.82, 2.24) is 5.32 Å². The standard InChI is InChI=1S/C21H27BrClNO3.ClH/c1-15(2)26-10-4-9-24-13-17-11-19(22)21(20(12-17)25-3)27-14-16-5-7-18(23)8-6-16;/h5-8,11-12,15,24H,4,9-10,13-14H2,1-3H3;1H. The minimum absolute atomic E-state index is 0. The highest BCUT2D eigenvalue weighted by Crippen LogP contribution is 2.37. The summed E-state index contributed by atoms with van der Waals surface area (Å²) in [5.41, 5.74) is 2.17. The van der Waals surface area contributed by atoms with E-state index in [1.165, 1.54) is 0 Å². The Hall–Kier alpha value is -0.980. The Balaban J connectivity index is 0.00000392. The molecule has 0 fully saturated rings. The lowest BCUT2D eigenvalue weighted by atomic mass is 10.2. The van der Waals surface area contributed by atoms with E-state index in [9.17, 15) is 0 Å². The van der Waals surface area contributed by atoms with Crippen molar-refractivity contribution in [2.45, 2.75) is 39.5 Å². The van der Waals surface area contributed by atoms with Crippen molar-refractivity contribution >= 4 is 39.9 Å². The van der Waals surface area contributed by atoms with Gasteiger partial charge in [0, 0.05) is 18.2 Å². The SMILES string of the molecule is COc1cc(CNCCCOC(C)C)cc(Br)c1OCc1ccc(Cl)cc1.Cl. The predicted octanol–water partition coefficient (Wildman–Crippen LogP) is 6.02. The second-order valence-electron chi connectivity index (χ2n) is 6.47. The van der Waals surface area contributed by atoms with Crippen LogP contribution in [0.15, 0.2) is 40.9 Å². The molecule has 2 rings (SSSR count). The molecule has 0 atom stereocenters. The molecule has 2 aromatic carbocycles. The van der Waals surface area contributed by atoms with Crippen LogP contribution in [0.25, 0.3) is 0 Å². The molecule has 0 unspecified atom stereocenters. The molecular weight excluding hydrogens is 465 g/mol. The molecule has 0 aliphatic rings. The number of hydrogen-bond donors (Lipinski definition) is 1. The monoisotopic (exact) mass is 491 g/mol. The smallest absolute Gasteiger partial charge is 0.175 e. The van der Waals surface area contributed by atoms with Crippen LogP contribution < -0.4 is 14.8 Å². The summed E-state index contributed by atoms with van der Waals surface area (Å²) in [6.45, 7) is 6.98. The van der Waals surface area contributed by atoms with Gasteiger partial charge in [-0.1, -0.05) is 23.7 Å². The van der Waals surface area contributed by atoms with E-state index in [2.05, 4.69) is 27.3 Å². The van der Waals surface area contributed by atoms with Crippen molar-refractivity contribution in [3.05, 3.63) is 57.0 Å². The Morgan fingerprint density at radius 3 is 2.46 bits per heavy atom. The van der Waals surface area contributed by atoms with Crippen LogP contribution in [-0.2, 0) is 17.9 Å². The van der Waals surface area contributed by atoms with E-state index in [1.54, 1.807) is 7.11 Å². The molecule has 0 heterocycles. The third-order valence-electron chi connectivity index (χ3n) is 3.86. The highest BCUT2D eigenvalue weighted by Gasteiger charge is 2.12. The fraction of sp³-hybridized carbons (Fsp3) is 0.429. The molecule has 0 amide bonds. The van der Waals surface area contributed by atoms with Gasteiger partial charge in [0.2, 0.25) is 0 Å². The molecule has 0 saturated carbocycles. The summed E-state index contributed by atoms with van der Waals surface area (Å²) in [5, 5.41) is 4.14. The van der Waals surface area contributed by atoms with Crippen LogP contribution in [0, 0.1) is 0 Å². The lowest BCUT2D eigenvalue weighted by molar-refractivity contribution is 0.0770. The van der Waals surface area contributed by atoms with Crippen LogP contribution in [0.4, 0.5) is 0 Å². The van der Waals surface area contributed by atoms with E-state index in [4.69, 9.17) is 25.8 Å². The number of hydrogen-bond acceptors (Lipinski definition) is 4. The van der Waals surface area contributed by atoms with E-state index in [1.807, 2.05) is 44.2 Å². The normalized spacial score (nSPS) is 10.6. The van der Waals surface area contributed by atoms with Crippen molar-refractivity contribution < 1.29 is 14.2 Å². The zero-order chi connectivity index (χ0) is 19.6. The molecule has 7 heteroatoms. The first-order valence-corrected chi connectivity index (χ1v) is 10.2. The van der Waals surface area contributed by atoms with Crippen LogP contribution in [0.2, 0.25) is 5.02 Å². The van der Waals surface area contributed by atoms with Gasteiger partial charge in [-0.3, -0.25) is 0 Å². The number of ether oxygens (including phenoxy) is 3. The third kappa shape index (κ3) is 8.58. The fourth-order valence-corrected chi connectivity index (χ4v) is 3.23. The lowest BCUT2D eigenvalue weighted by Crippen LogP contribution is -2.17. The first kappa shape index (κ1) is 25.1. The van der Waals surface area contributed by atoms with Crippen LogP contribution >= 0.6 is 39.9 Å². The fourth-order valence-electron chi connectivity index (χ4n) is 2.50. The molecule has 0 bridgehead atoms. The zero-order valence-corrected chi connectivity index (χ0v) is 19.6. The van der Waals surface area contributed by atoms with Gasteiger partial charge in [0.25, 0.3) is 0 Å². The van der Waals surface area contributed by atoms with E-state index in [0.29, 0.717) is 23.1 Å². The summed E-state index contributed by atoms with van der Waals surface area (Å²) in [7, 11) is 1.65. The van der Waals surface area contributed by atoms with Crippen molar-refractivity contribution in [1.29, 1.82) is 0 Å². The van der Waals surface area contributed by atoms with E-state index >= 15 is 0 Å². The molecule has 0 aliphatic carbocycles. The van der Waals surface area contributed by atoms with Crippen molar-refractivity contribution in [2.75, 3.05) is 20.3 Å². The topological polar surface area (TPSA) is 39.7 Å². The number of nitrogens with one attached hydrogen (secondary N) is 1. The van der Waals surface area contributed by atoms with Crippen LogP contribution in [0.3, 0.4) is 0 Å².